The molecule has 0 saturated carbocycles. The van der Waals surface area contributed by atoms with Crippen LogP contribution in [0.3, 0.4) is 0 Å². The third-order valence-corrected chi connectivity index (χ3v) is 5.78. The quantitative estimate of drug-likeness (QED) is 0.813. The highest BCUT2D eigenvalue weighted by Crippen LogP contribution is 2.27. The Hall–Kier alpha value is -2.17. The lowest BCUT2D eigenvalue weighted by Gasteiger charge is -2.29. The molecule has 29 heavy (non-hydrogen) atoms. The van der Waals surface area contributed by atoms with Gasteiger partial charge < -0.3 is 10.0 Å². The van der Waals surface area contributed by atoms with Gasteiger partial charge in [0, 0.05) is 32.2 Å². The van der Waals surface area contributed by atoms with Gasteiger partial charge in [0.1, 0.15) is 0 Å². The SMILES string of the molecule is CC(=O)N1CCCCCCCN(Cc2ccc(C)cc2)Cc2ccc(CO)cc21. The normalized spacial score (nSPS) is 16.6. The predicted molar refractivity (Wildman–Crippen MR) is 119 cm³/mol. The molecule has 0 atom stereocenters. The van der Waals surface area contributed by atoms with Gasteiger partial charge in [0.2, 0.25) is 5.91 Å². The molecule has 0 saturated heterocycles. The average molecular weight is 395 g/mol. The van der Waals surface area contributed by atoms with E-state index in [-0.39, 0.29) is 12.5 Å². The summed E-state index contributed by atoms with van der Waals surface area (Å²) in [6.45, 7) is 7.26. The van der Waals surface area contributed by atoms with Gasteiger partial charge in [-0.05, 0) is 49.1 Å². The second-order valence-electron chi connectivity index (χ2n) is 8.26. The number of amides is 1. The summed E-state index contributed by atoms with van der Waals surface area (Å²) in [4.78, 5) is 16.8. The topological polar surface area (TPSA) is 43.8 Å². The number of benzene rings is 2. The highest BCUT2D eigenvalue weighted by molar-refractivity contribution is 5.92. The molecule has 0 aromatic heterocycles. The summed E-state index contributed by atoms with van der Waals surface area (Å²) in [5.74, 6) is 0.0727. The molecule has 0 fully saturated rings. The maximum Gasteiger partial charge on any atom is 0.223 e. The highest BCUT2D eigenvalue weighted by Gasteiger charge is 2.19. The Morgan fingerprint density at radius 3 is 2.28 bits per heavy atom. The molecule has 2 aromatic rings. The fraction of sp³-hybridized carbons (Fsp3) is 0.480. The van der Waals surface area contributed by atoms with Crippen LogP contribution in [-0.2, 0) is 24.5 Å². The molecule has 1 heterocycles. The van der Waals surface area contributed by atoms with E-state index < -0.39 is 0 Å². The second-order valence-corrected chi connectivity index (χ2v) is 8.26. The summed E-state index contributed by atoms with van der Waals surface area (Å²) in [5, 5.41) is 9.63. The third kappa shape index (κ3) is 6.15. The van der Waals surface area contributed by atoms with Gasteiger partial charge in [-0.3, -0.25) is 9.69 Å². The Bertz CT molecular complexity index is 801. The number of aryl methyl sites for hydroxylation is 1. The van der Waals surface area contributed by atoms with E-state index in [4.69, 9.17) is 0 Å². The van der Waals surface area contributed by atoms with Crippen LogP contribution >= 0.6 is 0 Å². The van der Waals surface area contributed by atoms with Crippen LogP contribution in [0.2, 0.25) is 0 Å². The molecule has 0 spiro atoms. The van der Waals surface area contributed by atoms with Gasteiger partial charge in [0.25, 0.3) is 0 Å². The van der Waals surface area contributed by atoms with Gasteiger partial charge >= 0.3 is 0 Å². The largest absolute Gasteiger partial charge is 0.392 e. The Labute approximate surface area is 175 Å². The molecule has 156 valence electrons. The van der Waals surface area contributed by atoms with Gasteiger partial charge in [-0.15, -0.1) is 0 Å². The predicted octanol–water partition coefficient (Wildman–Crippen LogP) is 4.81. The summed E-state index contributed by atoms with van der Waals surface area (Å²) in [7, 11) is 0. The summed E-state index contributed by atoms with van der Waals surface area (Å²) in [6.07, 6.45) is 5.83. The number of rotatable bonds is 3. The van der Waals surface area contributed by atoms with Crippen molar-refractivity contribution in [3.63, 3.8) is 0 Å². The molecule has 4 nitrogen and oxygen atoms in total. The van der Waals surface area contributed by atoms with Gasteiger partial charge in [-0.2, -0.15) is 0 Å². The molecule has 1 aliphatic rings. The molecule has 0 unspecified atom stereocenters. The van der Waals surface area contributed by atoms with E-state index in [9.17, 15) is 9.90 Å². The summed E-state index contributed by atoms with van der Waals surface area (Å²) in [5.41, 5.74) is 5.57. The fourth-order valence-corrected chi connectivity index (χ4v) is 4.08. The van der Waals surface area contributed by atoms with E-state index >= 15 is 0 Å². The molecular weight excluding hydrogens is 360 g/mol. The van der Waals surface area contributed by atoms with E-state index in [0.29, 0.717) is 0 Å². The van der Waals surface area contributed by atoms with Gasteiger partial charge in [0.15, 0.2) is 0 Å². The Kier molecular flexibility index (Phi) is 7.84. The molecule has 1 amide bonds. The number of nitrogens with zero attached hydrogens (tertiary/aromatic N) is 2. The van der Waals surface area contributed by atoms with Crippen molar-refractivity contribution in [2.45, 2.75) is 65.6 Å². The Balaban J connectivity index is 1.91. The van der Waals surface area contributed by atoms with Crippen LogP contribution in [-0.4, -0.2) is 29.0 Å². The van der Waals surface area contributed by atoms with Crippen LogP contribution in [0.15, 0.2) is 42.5 Å². The van der Waals surface area contributed by atoms with E-state index in [1.807, 2.05) is 17.0 Å². The molecule has 3 rings (SSSR count). The zero-order valence-corrected chi connectivity index (χ0v) is 17.9. The minimum absolute atomic E-state index is 0.00783. The summed E-state index contributed by atoms with van der Waals surface area (Å²) in [6, 6.07) is 14.8. The molecule has 1 N–H and O–H groups in total. The van der Waals surface area contributed by atoms with Crippen LogP contribution in [0.25, 0.3) is 0 Å². The van der Waals surface area contributed by atoms with Crippen LogP contribution in [0.1, 0.15) is 61.3 Å². The molecule has 4 heteroatoms. The standard InChI is InChI=1S/C25H34N2O2/c1-20-8-10-22(11-9-20)17-26-14-6-4-3-5-7-15-27(21(2)29)25-16-23(19-28)12-13-24(25)18-26/h8-13,16,28H,3-7,14-15,17-19H2,1-2H3. The van der Waals surface area contributed by atoms with E-state index in [1.165, 1.54) is 30.4 Å². The molecular formula is C25H34N2O2. The smallest absolute Gasteiger partial charge is 0.223 e. The van der Waals surface area contributed by atoms with E-state index in [1.54, 1.807) is 6.92 Å². The minimum atomic E-state index is -0.00783. The first-order valence-corrected chi connectivity index (χ1v) is 10.9. The van der Waals surface area contributed by atoms with Gasteiger partial charge in [0.05, 0.1) is 6.61 Å². The van der Waals surface area contributed by atoms with Crippen LogP contribution in [0.5, 0.6) is 0 Å². The number of anilines is 1. The first-order chi connectivity index (χ1) is 14.1. The van der Waals surface area contributed by atoms with Crippen molar-refractivity contribution in [2.75, 3.05) is 18.0 Å². The lowest BCUT2D eigenvalue weighted by Crippen LogP contribution is -2.32. The van der Waals surface area contributed by atoms with E-state index in [2.05, 4.69) is 42.2 Å². The molecule has 1 aliphatic heterocycles. The number of carbonyl (C=O) groups excluding carboxylic acids is 1. The summed E-state index contributed by atoms with van der Waals surface area (Å²) < 4.78 is 0. The number of aliphatic hydroxyl groups is 1. The van der Waals surface area contributed by atoms with Crippen molar-refractivity contribution in [2.24, 2.45) is 0 Å². The van der Waals surface area contributed by atoms with E-state index in [0.717, 1.165) is 55.8 Å². The first-order valence-electron chi connectivity index (χ1n) is 10.9. The van der Waals surface area contributed by atoms with Crippen LogP contribution < -0.4 is 4.90 Å². The second kappa shape index (κ2) is 10.6. The van der Waals surface area contributed by atoms with Crippen LogP contribution in [0.4, 0.5) is 5.69 Å². The van der Waals surface area contributed by atoms with Crippen molar-refractivity contribution < 1.29 is 9.90 Å². The van der Waals surface area contributed by atoms with Crippen molar-refractivity contribution in [3.05, 3.63) is 64.7 Å². The lowest BCUT2D eigenvalue weighted by molar-refractivity contribution is -0.116. The Morgan fingerprint density at radius 2 is 1.59 bits per heavy atom. The first kappa shape index (κ1) is 21.5. The van der Waals surface area contributed by atoms with Crippen molar-refractivity contribution in [1.29, 1.82) is 0 Å². The Morgan fingerprint density at radius 1 is 0.931 bits per heavy atom. The van der Waals surface area contributed by atoms with Crippen molar-refractivity contribution in [3.8, 4) is 0 Å². The van der Waals surface area contributed by atoms with Crippen LogP contribution in [0, 0.1) is 6.92 Å². The van der Waals surface area contributed by atoms with Crippen molar-refractivity contribution in [1.82, 2.24) is 4.90 Å². The molecule has 0 aliphatic carbocycles. The van der Waals surface area contributed by atoms with Gasteiger partial charge in [-0.25, -0.2) is 0 Å². The maximum absolute atomic E-state index is 12.4. The molecule has 0 radical (unpaired) electrons. The average Bonchev–Trinajstić information content (AvgIpc) is 2.70. The maximum atomic E-state index is 12.4. The monoisotopic (exact) mass is 394 g/mol. The third-order valence-electron chi connectivity index (χ3n) is 5.78. The number of fused-ring (bicyclic) bond motifs is 1. The van der Waals surface area contributed by atoms with Gasteiger partial charge in [-0.1, -0.05) is 61.2 Å². The minimum Gasteiger partial charge on any atom is -0.392 e. The highest BCUT2D eigenvalue weighted by atomic mass is 16.3. The van der Waals surface area contributed by atoms with Crippen molar-refractivity contribution >= 4 is 11.6 Å². The lowest BCUT2D eigenvalue weighted by atomic mass is 10.0. The number of hydrogen-bond acceptors (Lipinski definition) is 3. The zero-order valence-electron chi connectivity index (χ0n) is 17.9. The molecule has 0 bridgehead atoms. The number of aliphatic hydroxyl groups excluding tert-OH is 1. The molecule has 2 aromatic carbocycles. The number of carbonyl (C=O) groups is 1. The zero-order chi connectivity index (χ0) is 20.6. The summed E-state index contributed by atoms with van der Waals surface area (Å²) >= 11 is 0. The fourth-order valence-electron chi connectivity index (χ4n) is 4.08. The number of hydrogen-bond donors (Lipinski definition) is 1.